The first-order valence-electron chi connectivity index (χ1n) is 8.17. The van der Waals surface area contributed by atoms with Crippen LogP contribution < -0.4 is 0 Å². The van der Waals surface area contributed by atoms with Crippen molar-refractivity contribution in [3.8, 4) is 11.1 Å². The molecule has 0 saturated heterocycles. The Morgan fingerprint density at radius 2 is 1.62 bits per heavy atom. The number of aliphatic hydroxyl groups excluding tert-OH is 1. The summed E-state index contributed by atoms with van der Waals surface area (Å²) in [5, 5.41) is 9.63. The van der Waals surface area contributed by atoms with Gasteiger partial charge in [-0.15, -0.1) is 0 Å². The maximum absolute atomic E-state index is 12.8. The Hall–Kier alpha value is -2.46. The van der Waals surface area contributed by atoms with Gasteiger partial charge in [-0.3, -0.25) is 9.59 Å². The van der Waals surface area contributed by atoms with Gasteiger partial charge in [0.05, 0.1) is 6.10 Å². The van der Waals surface area contributed by atoms with E-state index >= 15 is 0 Å². The van der Waals surface area contributed by atoms with Crippen molar-refractivity contribution in [2.45, 2.75) is 32.9 Å². The SMILES string of the molecule is CC(O)CN(C(=O)c1ccc2c(c1)C(=O)c1ccccc1-2)C(C)C. The van der Waals surface area contributed by atoms with Gasteiger partial charge in [-0.25, -0.2) is 0 Å². The molecule has 1 aliphatic carbocycles. The highest BCUT2D eigenvalue weighted by molar-refractivity contribution is 6.22. The highest BCUT2D eigenvalue weighted by Gasteiger charge is 2.28. The van der Waals surface area contributed by atoms with Gasteiger partial charge in [0.1, 0.15) is 0 Å². The van der Waals surface area contributed by atoms with Gasteiger partial charge in [0.25, 0.3) is 5.91 Å². The molecule has 24 heavy (non-hydrogen) atoms. The monoisotopic (exact) mass is 323 g/mol. The number of amides is 1. The molecule has 0 saturated carbocycles. The number of ketones is 1. The zero-order valence-corrected chi connectivity index (χ0v) is 14.1. The number of aliphatic hydroxyl groups is 1. The van der Waals surface area contributed by atoms with Crippen LogP contribution in [0.5, 0.6) is 0 Å². The molecule has 124 valence electrons. The maximum Gasteiger partial charge on any atom is 0.254 e. The maximum atomic E-state index is 12.8. The van der Waals surface area contributed by atoms with Gasteiger partial charge in [-0.1, -0.05) is 30.3 Å². The summed E-state index contributed by atoms with van der Waals surface area (Å²) in [6.07, 6.45) is -0.600. The molecule has 0 bridgehead atoms. The third-order valence-corrected chi connectivity index (χ3v) is 4.32. The molecule has 0 radical (unpaired) electrons. The van der Waals surface area contributed by atoms with Crippen LogP contribution in [-0.4, -0.2) is 40.4 Å². The van der Waals surface area contributed by atoms with E-state index in [2.05, 4.69) is 0 Å². The highest BCUT2D eigenvalue weighted by atomic mass is 16.3. The molecule has 0 aromatic heterocycles. The van der Waals surface area contributed by atoms with Crippen molar-refractivity contribution in [2.24, 2.45) is 0 Å². The second kappa shape index (κ2) is 6.21. The first-order valence-corrected chi connectivity index (χ1v) is 8.17. The van der Waals surface area contributed by atoms with Gasteiger partial charge in [0.2, 0.25) is 0 Å². The van der Waals surface area contributed by atoms with Crippen molar-refractivity contribution in [3.05, 3.63) is 59.2 Å². The van der Waals surface area contributed by atoms with Crippen LogP contribution in [0.2, 0.25) is 0 Å². The van der Waals surface area contributed by atoms with E-state index in [1.54, 1.807) is 24.0 Å². The van der Waals surface area contributed by atoms with Crippen LogP contribution in [0.1, 0.15) is 47.1 Å². The van der Waals surface area contributed by atoms with E-state index < -0.39 is 6.10 Å². The molecular formula is C20H21NO3. The molecule has 0 heterocycles. The Kier molecular flexibility index (Phi) is 4.24. The quantitative estimate of drug-likeness (QED) is 0.802. The van der Waals surface area contributed by atoms with E-state index in [0.717, 1.165) is 11.1 Å². The zero-order valence-electron chi connectivity index (χ0n) is 14.1. The normalized spacial score (nSPS) is 13.6. The first kappa shape index (κ1) is 16.4. The molecule has 3 rings (SSSR count). The molecule has 1 aliphatic rings. The van der Waals surface area contributed by atoms with Crippen LogP contribution in [-0.2, 0) is 0 Å². The van der Waals surface area contributed by atoms with Crippen molar-refractivity contribution >= 4 is 11.7 Å². The summed E-state index contributed by atoms with van der Waals surface area (Å²) in [6.45, 7) is 5.75. The van der Waals surface area contributed by atoms with Crippen molar-refractivity contribution in [3.63, 3.8) is 0 Å². The minimum atomic E-state index is -0.600. The largest absolute Gasteiger partial charge is 0.392 e. The Labute approximate surface area is 141 Å². The van der Waals surface area contributed by atoms with Crippen molar-refractivity contribution in [1.29, 1.82) is 0 Å². The van der Waals surface area contributed by atoms with Gasteiger partial charge >= 0.3 is 0 Å². The third-order valence-electron chi connectivity index (χ3n) is 4.32. The fourth-order valence-electron chi connectivity index (χ4n) is 3.14. The number of carbonyl (C=O) groups is 2. The number of fused-ring (bicyclic) bond motifs is 3. The minimum absolute atomic E-state index is 0.0340. The zero-order chi connectivity index (χ0) is 17.4. The average molecular weight is 323 g/mol. The number of hydrogen-bond acceptors (Lipinski definition) is 3. The Bertz CT molecular complexity index is 808. The average Bonchev–Trinajstić information content (AvgIpc) is 2.84. The summed E-state index contributed by atoms with van der Waals surface area (Å²) in [7, 11) is 0. The van der Waals surface area contributed by atoms with E-state index in [-0.39, 0.29) is 24.3 Å². The van der Waals surface area contributed by atoms with Crippen LogP contribution in [0.4, 0.5) is 0 Å². The molecule has 1 amide bonds. The van der Waals surface area contributed by atoms with Gasteiger partial charge < -0.3 is 10.0 Å². The van der Waals surface area contributed by atoms with E-state index in [0.29, 0.717) is 16.7 Å². The van der Waals surface area contributed by atoms with Crippen LogP contribution in [0, 0.1) is 0 Å². The Morgan fingerprint density at radius 1 is 1.00 bits per heavy atom. The van der Waals surface area contributed by atoms with Crippen LogP contribution in [0.3, 0.4) is 0 Å². The second-order valence-electron chi connectivity index (χ2n) is 6.54. The fraction of sp³-hybridized carbons (Fsp3) is 0.300. The van der Waals surface area contributed by atoms with E-state index in [1.165, 1.54) is 0 Å². The van der Waals surface area contributed by atoms with Crippen LogP contribution in [0.25, 0.3) is 11.1 Å². The molecule has 2 aromatic rings. The molecule has 0 fully saturated rings. The Balaban J connectivity index is 1.98. The number of rotatable bonds is 4. The van der Waals surface area contributed by atoms with Gasteiger partial charge in [-0.05, 0) is 44.0 Å². The smallest absolute Gasteiger partial charge is 0.254 e. The number of hydrogen-bond donors (Lipinski definition) is 1. The van der Waals surface area contributed by atoms with E-state index in [9.17, 15) is 14.7 Å². The molecule has 0 aliphatic heterocycles. The van der Waals surface area contributed by atoms with Crippen LogP contribution in [0.15, 0.2) is 42.5 Å². The number of benzene rings is 2. The summed E-state index contributed by atoms with van der Waals surface area (Å²) in [6, 6.07) is 12.7. The molecule has 1 N–H and O–H groups in total. The van der Waals surface area contributed by atoms with Crippen LogP contribution >= 0.6 is 0 Å². The minimum Gasteiger partial charge on any atom is -0.392 e. The lowest BCUT2D eigenvalue weighted by Gasteiger charge is -2.28. The lowest BCUT2D eigenvalue weighted by molar-refractivity contribution is 0.0579. The number of carbonyl (C=O) groups excluding carboxylic acids is 2. The number of nitrogens with zero attached hydrogens (tertiary/aromatic N) is 1. The van der Waals surface area contributed by atoms with E-state index in [1.807, 2.05) is 44.2 Å². The predicted molar refractivity (Wildman–Crippen MR) is 93.2 cm³/mol. The van der Waals surface area contributed by atoms with E-state index in [4.69, 9.17) is 0 Å². The van der Waals surface area contributed by atoms with Crippen molar-refractivity contribution in [1.82, 2.24) is 4.90 Å². The van der Waals surface area contributed by atoms with Crippen molar-refractivity contribution < 1.29 is 14.7 Å². The molecule has 0 spiro atoms. The summed E-state index contributed by atoms with van der Waals surface area (Å²) in [5.74, 6) is -0.209. The van der Waals surface area contributed by atoms with Gasteiger partial charge in [-0.2, -0.15) is 0 Å². The molecule has 1 atom stereocenters. The highest BCUT2D eigenvalue weighted by Crippen LogP contribution is 2.36. The van der Waals surface area contributed by atoms with Crippen molar-refractivity contribution in [2.75, 3.05) is 6.54 Å². The lowest BCUT2D eigenvalue weighted by Crippen LogP contribution is -2.41. The molecular weight excluding hydrogens is 302 g/mol. The third kappa shape index (κ3) is 2.74. The molecule has 4 heteroatoms. The molecule has 4 nitrogen and oxygen atoms in total. The fourth-order valence-corrected chi connectivity index (χ4v) is 3.14. The summed E-state index contributed by atoms with van der Waals surface area (Å²) < 4.78 is 0. The standard InChI is InChI=1S/C20H21NO3/c1-12(2)21(11-13(3)22)20(24)14-8-9-16-15-6-4-5-7-17(15)19(23)18(16)10-14/h4-10,12-13,22H,11H2,1-3H3. The Morgan fingerprint density at radius 3 is 2.25 bits per heavy atom. The summed E-state index contributed by atoms with van der Waals surface area (Å²) in [4.78, 5) is 27.0. The second-order valence-corrected chi connectivity index (χ2v) is 6.54. The molecule has 2 aromatic carbocycles. The topological polar surface area (TPSA) is 57.6 Å². The first-order chi connectivity index (χ1) is 11.4. The molecule has 1 unspecified atom stereocenters. The summed E-state index contributed by atoms with van der Waals surface area (Å²) in [5.41, 5.74) is 3.52. The van der Waals surface area contributed by atoms with Gasteiger partial charge in [0, 0.05) is 29.3 Å². The lowest BCUT2D eigenvalue weighted by atomic mass is 10.0. The van der Waals surface area contributed by atoms with Gasteiger partial charge in [0.15, 0.2) is 5.78 Å². The predicted octanol–water partition coefficient (Wildman–Crippen LogP) is 3.13. The summed E-state index contributed by atoms with van der Waals surface area (Å²) >= 11 is 0.